The first-order chi connectivity index (χ1) is 9.15. The van der Waals surface area contributed by atoms with E-state index in [0.717, 1.165) is 12.8 Å². The normalized spacial score (nSPS) is 19.1. The lowest BCUT2D eigenvalue weighted by Gasteiger charge is -2.34. The molecule has 5 nitrogen and oxygen atoms in total. The topological polar surface area (TPSA) is 62.3 Å². The zero-order chi connectivity index (χ0) is 13.8. The van der Waals surface area contributed by atoms with Crippen LogP contribution >= 0.6 is 11.6 Å². The van der Waals surface area contributed by atoms with Crippen LogP contribution in [-0.2, 0) is 4.79 Å². The van der Waals surface area contributed by atoms with Gasteiger partial charge in [0, 0.05) is 26.0 Å². The summed E-state index contributed by atoms with van der Waals surface area (Å²) >= 11 is 6.01. The van der Waals surface area contributed by atoms with Crippen molar-refractivity contribution in [2.45, 2.75) is 25.3 Å². The number of hydrogen-bond donors (Lipinski definition) is 1. The second kappa shape index (κ2) is 6.02. The van der Waals surface area contributed by atoms with Gasteiger partial charge < -0.3 is 10.2 Å². The van der Waals surface area contributed by atoms with Crippen molar-refractivity contribution >= 4 is 23.4 Å². The fourth-order valence-corrected chi connectivity index (χ4v) is 2.49. The van der Waals surface area contributed by atoms with E-state index in [-0.39, 0.29) is 11.8 Å². The molecular weight excluding hydrogens is 266 g/mol. The monoisotopic (exact) mass is 281 g/mol. The molecule has 1 unspecified atom stereocenters. The third-order valence-electron chi connectivity index (χ3n) is 3.31. The number of nitrogens with one attached hydrogen (secondary N) is 1. The number of pyridine rings is 1. The molecule has 2 heterocycles. The number of hydrogen-bond acceptors (Lipinski definition) is 3. The zero-order valence-electron chi connectivity index (χ0n) is 10.7. The second-order valence-electron chi connectivity index (χ2n) is 4.48. The van der Waals surface area contributed by atoms with E-state index < -0.39 is 6.04 Å². The maximum atomic E-state index is 12.5. The molecule has 0 saturated carbocycles. The number of amides is 2. The number of carbonyl (C=O) groups is 2. The first-order valence-electron chi connectivity index (χ1n) is 6.27. The number of piperidine rings is 1. The quantitative estimate of drug-likeness (QED) is 0.893. The summed E-state index contributed by atoms with van der Waals surface area (Å²) < 4.78 is 0. The van der Waals surface area contributed by atoms with Crippen LogP contribution < -0.4 is 5.32 Å². The van der Waals surface area contributed by atoms with E-state index in [1.165, 1.54) is 12.4 Å². The van der Waals surface area contributed by atoms with Crippen LogP contribution in [0.1, 0.15) is 29.6 Å². The van der Waals surface area contributed by atoms with Gasteiger partial charge >= 0.3 is 0 Å². The van der Waals surface area contributed by atoms with Crippen molar-refractivity contribution in [1.82, 2.24) is 15.2 Å². The molecule has 0 spiro atoms. The highest BCUT2D eigenvalue weighted by molar-refractivity contribution is 6.33. The molecule has 2 rings (SSSR count). The summed E-state index contributed by atoms with van der Waals surface area (Å²) in [6.07, 6.45) is 5.51. The van der Waals surface area contributed by atoms with Crippen molar-refractivity contribution in [1.29, 1.82) is 0 Å². The lowest BCUT2D eigenvalue weighted by atomic mass is 10.0. The lowest BCUT2D eigenvalue weighted by molar-refractivity contribution is -0.126. The van der Waals surface area contributed by atoms with Crippen molar-refractivity contribution in [2.75, 3.05) is 13.6 Å². The molecule has 102 valence electrons. The molecule has 0 radical (unpaired) electrons. The highest BCUT2D eigenvalue weighted by Crippen LogP contribution is 2.22. The summed E-state index contributed by atoms with van der Waals surface area (Å²) in [5.41, 5.74) is 0.347. The van der Waals surface area contributed by atoms with Crippen LogP contribution in [0.25, 0.3) is 0 Å². The van der Waals surface area contributed by atoms with Crippen LogP contribution in [0.4, 0.5) is 0 Å². The van der Waals surface area contributed by atoms with E-state index in [1.54, 1.807) is 18.0 Å². The van der Waals surface area contributed by atoms with Gasteiger partial charge in [0.15, 0.2) is 0 Å². The van der Waals surface area contributed by atoms with Crippen LogP contribution in [0.3, 0.4) is 0 Å². The fraction of sp³-hybridized carbons (Fsp3) is 0.462. The Morgan fingerprint density at radius 3 is 2.95 bits per heavy atom. The molecule has 1 aromatic rings. The van der Waals surface area contributed by atoms with Gasteiger partial charge in [-0.05, 0) is 25.3 Å². The Balaban J connectivity index is 2.25. The van der Waals surface area contributed by atoms with Crippen LogP contribution in [-0.4, -0.2) is 41.3 Å². The van der Waals surface area contributed by atoms with E-state index in [1.807, 2.05) is 0 Å². The molecule has 1 saturated heterocycles. The predicted molar refractivity (Wildman–Crippen MR) is 72.0 cm³/mol. The SMILES string of the molecule is CNC(=O)C1CCCCN1C(=O)c1cnccc1Cl. The lowest BCUT2D eigenvalue weighted by Crippen LogP contribution is -2.51. The molecule has 1 fully saturated rings. The molecule has 0 aromatic carbocycles. The number of rotatable bonds is 2. The molecule has 1 aliphatic rings. The zero-order valence-corrected chi connectivity index (χ0v) is 11.5. The standard InChI is InChI=1S/C13H16ClN3O2/c1-15-12(18)11-4-2-3-7-17(11)13(19)9-8-16-6-5-10(9)14/h5-6,8,11H,2-4,7H2,1H3,(H,15,18). The molecule has 0 bridgehead atoms. The summed E-state index contributed by atoms with van der Waals surface area (Å²) in [5, 5.41) is 2.97. The average Bonchev–Trinajstić information content (AvgIpc) is 2.46. The van der Waals surface area contributed by atoms with Gasteiger partial charge in [-0.1, -0.05) is 11.6 Å². The van der Waals surface area contributed by atoms with Crippen molar-refractivity contribution in [2.24, 2.45) is 0 Å². The molecule has 0 aliphatic carbocycles. The first kappa shape index (κ1) is 13.8. The maximum absolute atomic E-state index is 12.5. The van der Waals surface area contributed by atoms with Crippen molar-refractivity contribution < 1.29 is 9.59 Å². The van der Waals surface area contributed by atoms with Crippen LogP contribution in [0, 0.1) is 0 Å². The third kappa shape index (κ3) is 2.87. The Hall–Kier alpha value is -1.62. The smallest absolute Gasteiger partial charge is 0.257 e. The number of halogens is 1. The van der Waals surface area contributed by atoms with E-state index in [4.69, 9.17) is 11.6 Å². The van der Waals surface area contributed by atoms with Gasteiger partial charge in [-0.2, -0.15) is 0 Å². The van der Waals surface area contributed by atoms with Gasteiger partial charge in [-0.15, -0.1) is 0 Å². The van der Waals surface area contributed by atoms with Gasteiger partial charge in [0.2, 0.25) is 5.91 Å². The minimum atomic E-state index is -0.414. The molecular formula is C13H16ClN3O2. The highest BCUT2D eigenvalue weighted by Gasteiger charge is 2.32. The van der Waals surface area contributed by atoms with Crippen molar-refractivity contribution in [3.05, 3.63) is 29.0 Å². The summed E-state index contributed by atoms with van der Waals surface area (Å²) in [4.78, 5) is 29.8. The summed E-state index contributed by atoms with van der Waals surface area (Å²) in [7, 11) is 1.58. The minimum absolute atomic E-state index is 0.131. The predicted octanol–water partition coefficient (Wildman–Crippen LogP) is 1.48. The Morgan fingerprint density at radius 2 is 2.26 bits per heavy atom. The Kier molecular flexibility index (Phi) is 4.37. The van der Waals surface area contributed by atoms with Gasteiger partial charge in [-0.3, -0.25) is 14.6 Å². The number of carbonyl (C=O) groups excluding carboxylic acids is 2. The average molecular weight is 282 g/mol. The van der Waals surface area contributed by atoms with E-state index in [0.29, 0.717) is 23.6 Å². The highest BCUT2D eigenvalue weighted by atomic mass is 35.5. The number of likely N-dealkylation sites (N-methyl/N-ethyl adjacent to an activating group) is 1. The van der Waals surface area contributed by atoms with E-state index in [2.05, 4.69) is 10.3 Å². The maximum Gasteiger partial charge on any atom is 0.257 e. The van der Waals surface area contributed by atoms with Gasteiger partial charge in [-0.25, -0.2) is 0 Å². The fourth-order valence-electron chi connectivity index (χ4n) is 2.30. The van der Waals surface area contributed by atoms with E-state index >= 15 is 0 Å². The molecule has 1 aromatic heterocycles. The van der Waals surface area contributed by atoms with E-state index in [9.17, 15) is 9.59 Å². The van der Waals surface area contributed by atoms with Crippen molar-refractivity contribution in [3.8, 4) is 0 Å². The second-order valence-corrected chi connectivity index (χ2v) is 4.89. The Bertz CT molecular complexity index is 493. The number of likely N-dealkylation sites (tertiary alicyclic amines) is 1. The molecule has 6 heteroatoms. The van der Waals surface area contributed by atoms with Gasteiger partial charge in [0.1, 0.15) is 6.04 Å². The molecule has 1 N–H and O–H groups in total. The van der Waals surface area contributed by atoms with Gasteiger partial charge in [0.25, 0.3) is 5.91 Å². The Morgan fingerprint density at radius 1 is 1.47 bits per heavy atom. The third-order valence-corrected chi connectivity index (χ3v) is 3.64. The molecule has 2 amide bonds. The first-order valence-corrected chi connectivity index (χ1v) is 6.65. The number of nitrogens with zero attached hydrogens (tertiary/aromatic N) is 2. The summed E-state index contributed by atoms with van der Waals surface area (Å²) in [5.74, 6) is -0.362. The van der Waals surface area contributed by atoms with Crippen LogP contribution in [0.2, 0.25) is 5.02 Å². The van der Waals surface area contributed by atoms with Gasteiger partial charge in [0.05, 0.1) is 10.6 Å². The number of aromatic nitrogens is 1. The summed E-state index contributed by atoms with van der Waals surface area (Å²) in [6.45, 7) is 0.572. The van der Waals surface area contributed by atoms with Crippen molar-refractivity contribution in [3.63, 3.8) is 0 Å². The minimum Gasteiger partial charge on any atom is -0.357 e. The summed E-state index contributed by atoms with van der Waals surface area (Å²) in [6, 6.07) is 1.16. The molecule has 19 heavy (non-hydrogen) atoms. The van der Waals surface area contributed by atoms with Crippen LogP contribution in [0.5, 0.6) is 0 Å². The molecule has 1 aliphatic heterocycles. The largest absolute Gasteiger partial charge is 0.357 e. The Labute approximate surface area is 117 Å². The van der Waals surface area contributed by atoms with Crippen LogP contribution in [0.15, 0.2) is 18.5 Å². The molecule has 1 atom stereocenters.